The number of pyridine rings is 1. The number of hydrogen-bond donors (Lipinski definition) is 1. The fourth-order valence-corrected chi connectivity index (χ4v) is 1.80. The molecule has 12 heavy (non-hydrogen) atoms. The molecule has 1 saturated heterocycles. The first-order valence-corrected chi connectivity index (χ1v) is 4.68. The van der Waals surface area contributed by atoms with E-state index in [0.29, 0.717) is 6.04 Å². The van der Waals surface area contributed by atoms with Crippen LogP contribution in [0.4, 0.5) is 5.82 Å². The molecule has 1 aromatic rings. The SMILES string of the molecule is NC1CN(c2ncccc2Br)C1. The Bertz CT molecular complexity index is 283. The standard InChI is InChI=1S/C8H10BrN3/c9-7-2-1-3-11-8(7)12-4-6(10)5-12/h1-3,6H,4-5,10H2. The third-order valence-corrected chi connectivity index (χ3v) is 2.57. The Hall–Kier alpha value is -0.610. The largest absolute Gasteiger partial charge is 0.352 e. The van der Waals surface area contributed by atoms with E-state index in [4.69, 9.17) is 5.73 Å². The maximum absolute atomic E-state index is 5.67. The fraction of sp³-hybridized carbons (Fsp3) is 0.375. The lowest BCUT2D eigenvalue weighted by Gasteiger charge is -2.38. The molecule has 3 nitrogen and oxygen atoms in total. The van der Waals surface area contributed by atoms with Crippen molar-refractivity contribution in [1.82, 2.24) is 4.98 Å². The van der Waals surface area contributed by atoms with Gasteiger partial charge in [-0.05, 0) is 28.1 Å². The Labute approximate surface area is 79.7 Å². The second kappa shape index (κ2) is 3.03. The smallest absolute Gasteiger partial charge is 0.142 e. The fourth-order valence-electron chi connectivity index (χ4n) is 1.30. The normalized spacial score (nSPS) is 17.7. The van der Waals surface area contributed by atoms with Crippen molar-refractivity contribution in [2.45, 2.75) is 6.04 Å². The molecule has 0 saturated carbocycles. The minimum atomic E-state index is 0.318. The Morgan fingerprint density at radius 3 is 2.92 bits per heavy atom. The van der Waals surface area contributed by atoms with E-state index in [0.717, 1.165) is 23.4 Å². The van der Waals surface area contributed by atoms with Crippen LogP contribution < -0.4 is 10.6 Å². The quantitative estimate of drug-likeness (QED) is 0.779. The lowest BCUT2D eigenvalue weighted by Crippen LogP contribution is -2.56. The highest BCUT2D eigenvalue weighted by Gasteiger charge is 2.25. The molecule has 64 valence electrons. The second-order valence-electron chi connectivity index (χ2n) is 2.97. The van der Waals surface area contributed by atoms with E-state index in [1.807, 2.05) is 12.1 Å². The van der Waals surface area contributed by atoms with Crippen molar-refractivity contribution in [3.8, 4) is 0 Å². The molecule has 2 N–H and O–H groups in total. The summed E-state index contributed by atoms with van der Waals surface area (Å²) in [7, 11) is 0. The summed E-state index contributed by atoms with van der Waals surface area (Å²) < 4.78 is 1.04. The van der Waals surface area contributed by atoms with E-state index in [1.54, 1.807) is 6.20 Å². The third-order valence-electron chi connectivity index (χ3n) is 1.95. The van der Waals surface area contributed by atoms with Gasteiger partial charge in [0.1, 0.15) is 5.82 Å². The van der Waals surface area contributed by atoms with Gasteiger partial charge >= 0.3 is 0 Å². The van der Waals surface area contributed by atoms with E-state index < -0.39 is 0 Å². The van der Waals surface area contributed by atoms with Gasteiger partial charge in [0, 0.05) is 25.3 Å². The van der Waals surface area contributed by atoms with Gasteiger partial charge in [0.2, 0.25) is 0 Å². The highest BCUT2D eigenvalue weighted by Crippen LogP contribution is 2.25. The van der Waals surface area contributed by atoms with Gasteiger partial charge in [0.05, 0.1) is 4.47 Å². The lowest BCUT2D eigenvalue weighted by molar-refractivity contribution is 0.514. The molecule has 0 atom stereocenters. The van der Waals surface area contributed by atoms with Crippen molar-refractivity contribution in [2.24, 2.45) is 5.73 Å². The third kappa shape index (κ3) is 1.32. The molecule has 1 aliphatic rings. The number of nitrogens with two attached hydrogens (primary N) is 1. The molecule has 1 fully saturated rings. The first-order valence-electron chi connectivity index (χ1n) is 3.88. The molecule has 0 unspecified atom stereocenters. The van der Waals surface area contributed by atoms with Crippen LogP contribution in [-0.4, -0.2) is 24.1 Å². The van der Waals surface area contributed by atoms with Gasteiger partial charge in [-0.3, -0.25) is 0 Å². The molecule has 1 aliphatic heterocycles. The van der Waals surface area contributed by atoms with E-state index in [2.05, 4.69) is 25.8 Å². The number of rotatable bonds is 1. The van der Waals surface area contributed by atoms with Crippen LogP contribution in [0, 0.1) is 0 Å². The summed E-state index contributed by atoms with van der Waals surface area (Å²) in [5.41, 5.74) is 5.67. The van der Waals surface area contributed by atoms with E-state index >= 15 is 0 Å². The molecule has 0 radical (unpaired) electrons. The van der Waals surface area contributed by atoms with E-state index in [-0.39, 0.29) is 0 Å². The minimum absolute atomic E-state index is 0.318. The molecule has 2 heterocycles. The molecular formula is C8H10BrN3. The average molecular weight is 228 g/mol. The molecule has 0 spiro atoms. The van der Waals surface area contributed by atoms with Crippen LogP contribution in [-0.2, 0) is 0 Å². The first kappa shape index (κ1) is 8.01. The Morgan fingerprint density at radius 2 is 2.33 bits per heavy atom. The van der Waals surface area contributed by atoms with Gasteiger partial charge < -0.3 is 10.6 Å². The van der Waals surface area contributed by atoms with Gasteiger partial charge in [0.25, 0.3) is 0 Å². The summed E-state index contributed by atoms with van der Waals surface area (Å²) >= 11 is 3.45. The lowest BCUT2D eigenvalue weighted by atomic mass is 10.1. The van der Waals surface area contributed by atoms with Crippen LogP contribution in [0.5, 0.6) is 0 Å². The Morgan fingerprint density at radius 1 is 1.58 bits per heavy atom. The van der Waals surface area contributed by atoms with Crippen LogP contribution >= 0.6 is 15.9 Å². The van der Waals surface area contributed by atoms with E-state index in [1.165, 1.54) is 0 Å². The maximum Gasteiger partial charge on any atom is 0.142 e. The number of aromatic nitrogens is 1. The monoisotopic (exact) mass is 227 g/mol. The van der Waals surface area contributed by atoms with Gasteiger partial charge in [-0.25, -0.2) is 4.98 Å². The predicted molar refractivity (Wildman–Crippen MR) is 52.1 cm³/mol. The van der Waals surface area contributed by atoms with Crippen LogP contribution in [0.2, 0.25) is 0 Å². The zero-order valence-corrected chi connectivity index (χ0v) is 8.16. The van der Waals surface area contributed by atoms with Crippen LogP contribution in [0.25, 0.3) is 0 Å². The topological polar surface area (TPSA) is 42.1 Å². The molecule has 0 bridgehead atoms. The number of anilines is 1. The number of halogens is 1. The van der Waals surface area contributed by atoms with Crippen molar-refractivity contribution in [3.05, 3.63) is 22.8 Å². The molecule has 1 aromatic heterocycles. The maximum atomic E-state index is 5.67. The summed E-state index contributed by atoms with van der Waals surface area (Å²) in [6.45, 7) is 1.82. The van der Waals surface area contributed by atoms with E-state index in [9.17, 15) is 0 Å². The highest BCUT2D eigenvalue weighted by atomic mass is 79.9. The van der Waals surface area contributed by atoms with Gasteiger partial charge in [-0.15, -0.1) is 0 Å². The van der Waals surface area contributed by atoms with Crippen LogP contribution in [0.1, 0.15) is 0 Å². The van der Waals surface area contributed by atoms with Gasteiger partial charge in [-0.1, -0.05) is 0 Å². The molecule has 0 aromatic carbocycles. The van der Waals surface area contributed by atoms with Crippen molar-refractivity contribution in [2.75, 3.05) is 18.0 Å². The predicted octanol–water partition coefficient (Wildman–Crippen LogP) is 0.991. The van der Waals surface area contributed by atoms with Gasteiger partial charge in [0.15, 0.2) is 0 Å². The number of hydrogen-bond acceptors (Lipinski definition) is 3. The minimum Gasteiger partial charge on any atom is -0.352 e. The van der Waals surface area contributed by atoms with Crippen LogP contribution in [0.3, 0.4) is 0 Å². The second-order valence-corrected chi connectivity index (χ2v) is 3.83. The van der Waals surface area contributed by atoms with Crippen LogP contribution in [0.15, 0.2) is 22.8 Å². The molecule has 0 amide bonds. The number of nitrogens with zero attached hydrogens (tertiary/aromatic N) is 2. The zero-order valence-electron chi connectivity index (χ0n) is 6.57. The van der Waals surface area contributed by atoms with Crippen molar-refractivity contribution in [3.63, 3.8) is 0 Å². The zero-order chi connectivity index (χ0) is 8.55. The molecule has 2 rings (SSSR count). The summed E-state index contributed by atoms with van der Waals surface area (Å²) in [4.78, 5) is 6.42. The molecule has 0 aliphatic carbocycles. The average Bonchev–Trinajstić information content (AvgIpc) is 2.01. The summed E-state index contributed by atoms with van der Waals surface area (Å²) in [5, 5.41) is 0. The highest BCUT2D eigenvalue weighted by molar-refractivity contribution is 9.10. The molecular weight excluding hydrogens is 218 g/mol. The summed E-state index contributed by atoms with van der Waals surface area (Å²) in [6.07, 6.45) is 1.80. The van der Waals surface area contributed by atoms with Crippen molar-refractivity contribution in [1.29, 1.82) is 0 Å². The Balaban J connectivity index is 2.18. The van der Waals surface area contributed by atoms with Gasteiger partial charge in [-0.2, -0.15) is 0 Å². The van der Waals surface area contributed by atoms with Crippen molar-refractivity contribution >= 4 is 21.7 Å². The molecule has 4 heteroatoms. The summed E-state index contributed by atoms with van der Waals surface area (Å²) in [5.74, 6) is 0.999. The first-order chi connectivity index (χ1) is 5.77. The summed E-state index contributed by atoms with van der Waals surface area (Å²) in [6, 6.07) is 4.22. The Kier molecular flexibility index (Phi) is 2.02. The van der Waals surface area contributed by atoms with Crippen molar-refractivity contribution < 1.29 is 0 Å².